The van der Waals surface area contributed by atoms with Gasteiger partial charge in [0.1, 0.15) is 11.5 Å². The lowest BCUT2D eigenvalue weighted by Gasteiger charge is -2.10. The van der Waals surface area contributed by atoms with Gasteiger partial charge in [-0.15, -0.1) is 0 Å². The number of oxime groups is 1. The topological polar surface area (TPSA) is 79.1 Å². The summed E-state index contributed by atoms with van der Waals surface area (Å²) in [5.41, 5.74) is -0.257. The van der Waals surface area contributed by atoms with Crippen LogP contribution in [0.4, 0.5) is 0 Å². The van der Waals surface area contributed by atoms with E-state index in [1.807, 2.05) is 6.07 Å². The van der Waals surface area contributed by atoms with Gasteiger partial charge in [-0.2, -0.15) is 0 Å². The quantitative estimate of drug-likeness (QED) is 0.501. The Morgan fingerprint density at radius 2 is 1.63 bits per heavy atom. The van der Waals surface area contributed by atoms with E-state index in [-0.39, 0.29) is 5.56 Å². The van der Waals surface area contributed by atoms with Crippen LogP contribution in [0.15, 0.2) is 59.8 Å². The van der Waals surface area contributed by atoms with E-state index in [4.69, 9.17) is 15.1 Å². The van der Waals surface area contributed by atoms with Gasteiger partial charge in [0, 0.05) is 0 Å². The molecule has 19 heavy (non-hydrogen) atoms. The van der Waals surface area contributed by atoms with Gasteiger partial charge in [0.25, 0.3) is 0 Å². The summed E-state index contributed by atoms with van der Waals surface area (Å²) in [7, 11) is 0. The Hall–Kier alpha value is -2.82. The average Bonchev–Trinajstić information content (AvgIpc) is 2.42. The van der Waals surface area contributed by atoms with Crippen LogP contribution in [-0.4, -0.2) is 22.0 Å². The van der Waals surface area contributed by atoms with E-state index in [2.05, 4.69) is 5.16 Å². The third kappa shape index (κ3) is 2.90. The van der Waals surface area contributed by atoms with E-state index in [1.165, 1.54) is 6.07 Å². The van der Waals surface area contributed by atoms with E-state index in [1.54, 1.807) is 42.5 Å². The minimum atomic E-state index is -1.33. The van der Waals surface area contributed by atoms with Gasteiger partial charge in [-0.05, 0) is 24.3 Å². The van der Waals surface area contributed by atoms with Crippen molar-refractivity contribution in [1.82, 2.24) is 0 Å². The average molecular weight is 257 g/mol. The van der Waals surface area contributed by atoms with Crippen LogP contribution in [-0.2, 0) is 4.79 Å². The van der Waals surface area contributed by atoms with Crippen molar-refractivity contribution in [2.24, 2.45) is 5.16 Å². The lowest BCUT2D eigenvalue weighted by molar-refractivity contribution is -0.129. The van der Waals surface area contributed by atoms with Gasteiger partial charge in [-0.25, -0.2) is 4.79 Å². The fourth-order valence-corrected chi connectivity index (χ4v) is 1.58. The van der Waals surface area contributed by atoms with Gasteiger partial charge < -0.3 is 15.1 Å². The van der Waals surface area contributed by atoms with Crippen LogP contribution >= 0.6 is 0 Å². The summed E-state index contributed by atoms with van der Waals surface area (Å²) in [6, 6.07) is 15.4. The molecule has 0 aliphatic heterocycles. The number of carboxylic acid groups (broad SMARTS) is 1. The molecule has 0 spiro atoms. The van der Waals surface area contributed by atoms with Crippen LogP contribution in [0.1, 0.15) is 5.56 Å². The van der Waals surface area contributed by atoms with Crippen LogP contribution in [0.3, 0.4) is 0 Å². The fourth-order valence-electron chi connectivity index (χ4n) is 1.58. The molecule has 0 aliphatic carbocycles. The van der Waals surface area contributed by atoms with Crippen LogP contribution in [0.25, 0.3) is 0 Å². The lowest BCUT2D eigenvalue weighted by Crippen LogP contribution is -2.15. The third-order valence-electron chi connectivity index (χ3n) is 2.42. The first-order valence-corrected chi connectivity index (χ1v) is 5.50. The Morgan fingerprint density at radius 3 is 2.26 bits per heavy atom. The highest BCUT2D eigenvalue weighted by molar-refractivity contribution is 6.43. The number of benzene rings is 2. The number of para-hydroxylation sites is 2. The number of carbonyl (C=O) groups is 1. The van der Waals surface area contributed by atoms with Gasteiger partial charge in [-0.3, -0.25) is 0 Å². The van der Waals surface area contributed by atoms with Crippen LogP contribution in [0.2, 0.25) is 0 Å². The number of nitrogens with zero attached hydrogens (tertiary/aromatic N) is 1. The maximum absolute atomic E-state index is 11.0. The molecule has 0 atom stereocenters. The predicted octanol–water partition coefficient (Wildman–Crippen LogP) is 2.74. The summed E-state index contributed by atoms with van der Waals surface area (Å²) in [5, 5.41) is 20.6. The Kier molecular flexibility index (Phi) is 3.78. The van der Waals surface area contributed by atoms with Gasteiger partial charge in [0.15, 0.2) is 5.71 Å². The zero-order valence-corrected chi connectivity index (χ0v) is 9.85. The van der Waals surface area contributed by atoms with E-state index in [9.17, 15) is 4.79 Å². The SMILES string of the molecule is O=C(O)C(=NO)c1ccccc1Oc1ccccc1. The number of hydrogen-bond donors (Lipinski definition) is 2. The van der Waals surface area contributed by atoms with Crippen molar-refractivity contribution in [2.75, 3.05) is 0 Å². The normalized spacial score (nSPS) is 11.1. The van der Waals surface area contributed by atoms with Crippen LogP contribution < -0.4 is 4.74 Å². The third-order valence-corrected chi connectivity index (χ3v) is 2.42. The molecule has 0 aromatic heterocycles. The number of carboxylic acids is 1. The molecule has 2 aromatic rings. The van der Waals surface area contributed by atoms with Gasteiger partial charge in [0.05, 0.1) is 5.56 Å². The summed E-state index contributed by atoms with van der Waals surface area (Å²) in [6.45, 7) is 0. The molecule has 2 rings (SSSR count). The smallest absolute Gasteiger partial charge is 0.358 e. The van der Waals surface area contributed by atoms with Crippen molar-refractivity contribution in [3.63, 3.8) is 0 Å². The molecule has 2 aromatic carbocycles. The van der Waals surface area contributed by atoms with Crippen molar-refractivity contribution in [3.8, 4) is 11.5 Å². The molecular formula is C14H11NO4. The maximum atomic E-state index is 11.0. The van der Waals surface area contributed by atoms with Gasteiger partial charge in [0.2, 0.25) is 0 Å². The summed E-state index contributed by atoms with van der Waals surface area (Å²) in [5.74, 6) is -0.451. The standard InChI is InChI=1S/C14H11NO4/c16-14(17)13(15-18)11-8-4-5-9-12(11)19-10-6-2-1-3-7-10/h1-9,18H,(H,16,17). The minimum Gasteiger partial charge on any atom is -0.476 e. The number of rotatable bonds is 4. The highest BCUT2D eigenvalue weighted by Crippen LogP contribution is 2.25. The summed E-state index contributed by atoms with van der Waals surface area (Å²) < 4.78 is 5.59. The zero-order valence-electron chi connectivity index (χ0n) is 9.85. The second-order valence-electron chi connectivity index (χ2n) is 3.67. The molecule has 0 amide bonds. The highest BCUT2D eigenvalue weighted by Gasteiger charge is 2.18. The number of aliphatic carboxylic acids is 1. The van der Waals surface area contributed by atoms with Crippen molar-refractivity contribution in [3.05, 3.63) is 60.2 Å². The number of ether oxygens (including phenoxy) is 1. The van der Waals surface area contributed by atoms with E-state index >= 15 is 0 Å². The molecule has 0 bridgehead atoms. The second kappa shape index (κ2) is 5.68. The minimum absolute atomic E-state index is 0.210. The fraction of sp³-hybridized carbons (Fsp3) is 0. The first-order valence-electron chi connectivity index (χ1n) is 5.50. The molecule has 5 nitrogen and oxygen atoms in total. The Morgan fingerprint density at radius 1 is 1.00 bits per heavy atom. The van der Waals surface area contributed by atoms with Crippen molar-refractivity contribution in [2.45, 2.75) is 0 Å². The molecule has 0 unspecified atom stereocenters. The number of hydrogen-bond acceptors (Lipinski definition) is 4. The summed E-state index contributed by atoms with van der Waals surface area (Å²) in [6.07, 6.45) is 0. The van der Waals surface area contributed by atoms with Crippen molar-refractivity contribution in [1.29, 1.82) is 0 Å². The Bertz CT molecular complexity index is 608. The first kappa shape index (κ1) is 12.6. The van der Waals surface area contributed by atoms with Crippen LogP contribution in [0, 0.1) is 0 Å². The van der Waals surface area contributed by atoms with Crippen molar-refractivity contribution >= 4 is 11.7 Å². The lowest BCUT2D eigenvalue weighted by atomic mass is 10.1. The molecule has 0 fully saturated rings. The molecular weight excluding hydrogens is 246 g/mol. The van der Waals surface area contributed by atoms with Gasteiger partial charge in [-0.1, -0.05) is 35.5 Å². The van der Waals surface area contributed by atoms with E-state index in [0.717, 1.165) is 0 Å². The van der Waals surface area contributed by atoms with E-state index in [0.29, 0.717) is 11.5 Å². The molecule has 5 heteroatoms. The predicted molar refractivity (Wildman–Crippen MR) is 68.9 cm³/mol. The molecule has 0 radical (unpaired) electrons. The molecule has 0 saturated carbocycles. The first-order chi connectivity index (χ1) is 9.22. The molecule has 2 N–H and O–H groups in total. The summed E-state index contributed by atoms with van der Waals surface area (Å²) >= 11 is 0. The largest absolute Gasteiger partial charge is 0.476 e. The molecule has 0 heterocycles. The van der Waals surface area contributed by atoms with Crippen molar-refractivity contribution < 1.29 is 19.8 Å². The van der Waals surface area contributed by atoms with Crippen LogP contribution in [0.5, 0.6) is 11.5 Å². The molecule has 0 saturated heterocycles. The Labute approximate surface area is 109 Å². The monoisotopic (exact) mass is 257 g/mol. The highest BCUT2D eigenvalue weighted by atomic mass is 16.5. The van der Waals surface area contributed by atoms with Gasteiger partial charge >= 0.3 is 5.97 Å². The molecule has 0 aliphatic rings. The van der Waals surface area contributed by atoms with E-state index < -0.39 is 11.7 Å². The summed E-state index contributed by atoms with van der Waals surface area (Å²) in [4.78, 5) is 11.0. The maximum Gasteiger partial charge on any atom is 0.358 e. The zero-order chi connectivity index (χ0) is 13.7. The second-order valence-corrected chi connectivity index (χ2v) is 3.67. The Balaban J connectivity index is 2.39. The molecule has 96 valence electrons.